The lowest BCUT2D eigenvalue weighted by molar-refractivity contribution is -0.121. The Kier molecular flexibility index (Phi) is 5.83. The Labute approximate surface area is 176 Å². The van der Waals surface area contributed by atoms with Gasteiger partial charge >= 0.3 is 0 Å². The van der Waals surface area contributed by atoms with Crippen molar-refractivity contribution in [2.24, 2.45) is 0 Å². The fourth-order valence-corrected chi connectivity index (χ4v) is 5.21. The summed E-state index contributed by atoms with van der Waals surface area (Å²) in [4.78, 5) is 12.7. The molecule has 0 radical (unpaired) electrons. The van der Waals surface area contributed by atoms with Crippen LogP contribution in [0.1, 0.15) is 43.6 Å². The second-order valence-corrected chi connectivity index (χ2v) is 9.47. The molecule has 1 aliphatic heterocycles. The van der Waals surface area contributed by atoms with Gasteiger partial charge in [0.2, 0.25) is 15.9 Å². The summed E-state index contributed by atoms with van der Waals surface area (Å²) in [5.41, 5.74) is 1.66. The summed E-state index contributed by atoms with van der Waals surface area (Å²) >= 11 is 0. The average Bonchev–Trinajstić information content (AvgIpc) is 3.43. The predicted molar refractivity (Wildman–Crippen MR) is 112 cm³/mol. The van der Waals surface area contributed by atoms with Crippen molar-refractivity contribution in [3.63, 3.8) is 0 Å². The summed E-state index contributed by atoms with van der Waals surface area (Å²) in [6, 6.07) is 12.2. The monoisotopic (exact) mass is 427 g/mol. The number of benzene rings is 1. The van der Waals surface area contributed by atoms with E-state index >= 15 is 0 Å². The second kappa shape index (κ2) is 8.53. The van der Waals surface area contributed by atoms with Crippen molar-refractivity contribution in [2.45, 2.75) is 43.5 Å². The Morgan fingerprint density at radius 2 is 1.83 bits per heavy atom. The van der Waals surface area contributed by atoms with Gasteiger partial charge in [0.05, 0.1) is 10.9 Å². The van der Waals surface area contributed by atoms with Crippen molar-refractivity contribution in [3.8, 4) is 0 Å². The quantitative estimate of drug-likeness (QED) is 0.624. The number of rotatable bonds is 7. The third kappa shape index (κ3) is 4.22. The number of hydrogen-bond donors (Lipinski definition) is 1. The zero-order valence-electron chi connectivity index (χ0n) is 16.9. The van der Waals surface area contributed by atoms with E-state index < -0.39 is 10.0 Å². The van der Waals surface area contributed by atoms with Crippen LogP contribution >= 0.6 is 0 Å². The lowest BCUT2D eigenvalue weighted by Crippen LogP contribution is -2.28. The number of nitrogens with one attached hydrogen (secondary N) is 1. The van der Waals surface area contributed by atoms with Gasteiger partial charge in [0, 0.05) is 25.7 Å². The molecule has 4 rings (SSSR count). The summed E-state index contributed by atoms with van der Waals surface area (Å²) in [7, 11) is -3.41. The molecule has 0 aliphatic carbocycles. The van der Waals surface area contributed by atoms with E-state index in [1.807, 2.05) is 35.7 Å². The van der Waals surface area contributed by atoms with Crippen molar-refractivity contribution in [3.05, 3.63) is 60.0 Å². The summed E-state index contributed by atoms with van der Waals surface area (Å²) in [6.45, 7) is 3.05. The first-order chi connectivity index (χ1) is 14.4. The second-order valence-electron chi connectivity index (χ2n) is 7.53. The fraction of sp³-hybridized carbons (Fsp3) is 0.381. The number of hydrogen-bond acceptors (Lipinski definition) is 5. The van der Waals surface area contributed by atoms with Gasteiger partial charge in [0.15, 0.2) is 11.5 Å². The molecule has 1 aliphatic rings. The highest BCUT2D eigenvalue weighted by molar-refractivity contribution is 7.89. The van der Waals surface area contributed by atoms with E-state index in [2.05, 4.69) is 15.5 Å². The number of carbonyl (C=O) groups excluding carboxylic acids is 1. The van der Waals surface area contributed by atoms with E-state index in [0.717, 1.165) is 24.1 Å². The van der Waals surface area contributed by atoms with E-state index in [-0.39, 0.29) is 11.9 Å². The lowest BCUT2D eigenvalue weighted by Gasteiger charge is -2.15. The molecule has 2 aromatic heterocycles. The molecule has 0 spiro atoms. The van der Waals surface area contributed by atoms with Crippen LogP contribution in [-0.4, -0.2) is 46.3 Å². The van der Waals surface area contributed by atoms with E-state index in [9.17, 15) is 13.2 Å². The molecule has 1 fully saturated rings. The van der Waals surface area contributed by atoms with Crippen molar-refractivity contribution < 1.29 is 13.2 Å². The van der Waals surface area contributed by atoms with Gasteiger partial charge in [-0.2, -0.15) is 4.31 Å². The summed E-state index contributed by atoms with van der Waals surface area (Å²) in [5.74, 6) is 0.583. The van der Waals surface area contributed by atoms with E-state index in [1.54, 1.807) is 24.3 Å². The molecule has 30 heavy (non-hydrogen) atoms. The van der Waals surface area contributed by atoms with Crippen LogP contribution in [0.3, 0.4) is 0 Å². The molecule has 3 aromatic rings. The first-order valence-electron chi connectivity index (χ1n) is 10.1. The van der Waals surface area contributed by atoms with Crippen LogP contribution in [-0.2, 0) is 21.2 Å². The number of carbonyl (C=O) groups is 1. The van der Waals surface area contributed by atoms with Gasteiger partial charge in [-0.25, -0.2) is 8.42 Å². The third-order valence-corrected chi connectivity index (χ3v) is 7.28. The van der Waals surface area contributed by atoms with Gasteiger partial charge in [-0.3, -0.25) is 9.20 Å². The van der Waals surface area contributed by atoms with Crippen molar-refractivity contribution >= 4 is 21.6 Å². The molecule has 1 saturated heterocycles. The Hall–Kier alpha value is -2.78. The third-order valence-electron chi connectivity index (χ3n) is 5.37. The van der Waals surface area contributed by atoms with Gasteiger partial charge < -0.3 is 5.32 Å². The maximum Gasteiger partial charge on any atom is 0.243 e. The average molecular weight is 428 g/mol. The van der Waals surface area contributed by atoms with Crippen LogP contribution in [0.4, 0.5) is 0 Å². The van der Waals surface area contributed by atoms with Gasteiger partial charge in [0.25, 0.3) is 0 Å². The van der Waals surface area contributed by atoms with Gasteiger partial charge in [-0.05, 0) is 56.0 Å². The molecular weight excluding hydrogens is 402 g/mol. The van der Waals surface area contributed by atoms with Crippen LogP contribution in [0.5, 0.6) is 0 Å². The predicted octanol–water partition coefficient (Wildman–Crippen LogP) is 2.32. The number of sulfonamides is 1. The Bertz CT molecular complexity index is 1130. The molecule has 1 N–H and O–H groups in total. The Morgan fingerprint density at radius 1 is 1.10 bits per heavy atom. The minimum Gasteiger partial charge on any atom is -0.346 e. The number of pyridine rings is 1. The minimum atomic E-state index is -3.41. The maximum atomic E-state index is 12.6. The molecule has 1 atom stereocenters. The highest BCUT2D eigenvalue weighted by Crippen LogP contribution is 2.21. The first kappa shape index (κ1) is 20.5. The summed E-state index contributed by atoms with van der Waals surface area (Å²) < 4.78 is 28.6. The molecule has 1 amide bonds. The number of amides is 1. The van der Waals surface area contributed by atoms with Crippen LogP contribution in [0.2, 0.25) is 0 Å². The highest BCUT2D eigenvalue weighted by atomic mass is 32.2. The van der Waals surface area contributed by atoms with Crippen molar-refractivity contribution in [1.82, 2.24) is 24.2 Å². The van der Waals surface area contributed by atoms with E-state index in [4.69, 9.17) is 0 Å². The van der Waals surface area contributed by atoms with Crippen LogP contribution < -0.4 is 5.32 Å². The molecule has 0 bridgehead atoms. The van der Waals surface area contributed by atoms with Gasteiger partial charge in [-0.15, -0.1) is 10.2 Å². The first-order valence-corrected chi connectivity index (χ1v) is 11.6. The van der Waals surface area contributed by atoms with Crippen LogP contribution in [0.25, 0.3) is 5.65 Å². The van der Waals surface area contributed by atoms with E-state index in [0.29, 0.717) is 36.7 Å². The Morgan fingerprint density at radius 3 is 2.57 bits per heavy atom. The zero-order chi connectivity index (χ0) is 21.1. The van der Waals surface area contributed by atoms with Crippen molar-refractivity contribution in [1.29, 1.82) is 0 Å². The molecule has 1 aromatic carbocycles. The number of nitrogens with zero attached hydrogens (tertiary/aromatic N) is 4. The number of fused-ring (bicyclic) bond motifs is 1. The molecule has 0 saturated carbocycles. The molecule has 1 unspecified atom stereocenters. The largest absolute Gasteiger partial charge is 0.346 e. The highest BCUT2D eigenvalue weighted by Gasteiger charge is 2.26. The summed E-state index contributed by atoms with van der Waals surface area (Å²) in [5, 5.41) is 11.2. The molecular formula is C21H25N5O3S. The topological polar surface area (TPSA) is 96.7 Å². The zero-order valence-corrected chi connectivity index (χ0v) is 17.7. The normalized spacial score (nSPS) is 16.0. The maximum absolute atomic E-state index is 12.6. The van der Waals surface area contributed by atoms with Gasteiger partial charge in [0.1, 0.15) is 0 Å². The van der Waals surface area contributed by atoms with E-state index in [1.165, 1.54) is 4.31 Å². The van der Waals surface area contributed by atoms with Crippen molar-refractivity contribution in [2.75, 3.05) is 13.1 Å². The summed E-state index contributed by atoms with van der Waals surface area (Å²) in [6.07, 6.45) is 4.53. The fourth-order valence-electron chi connectivity index (χ4n) is 3.70. The smallest absolute Gasteiger partial charge is 0.243 e. The molecule has 158 valence electrons. The molecule has 9 heteroatoms. The molecule has 3 heterocycles. The number of aryl methyl sites for hydroxylation is 1. The standard InChI is InChI=1S/C21H25N5O3S/c1-16(21-24-23-19-6-2-3-15-26(19)21)22-20(27)12-9-17-7-10-18(11-8-17)30(28,29)25-13-4-5-14-25/h2-3,6-8,10-11,15-16H,4-5,9,12-14H2,1H3,(H,22,27). The number of aromatic nitrogens is 3. The van der Waals surface area contributed by atoms with Crippen LogP contribution in [0.15, 0.2) is 53.6 Å². The SMILES string of the molecule is CC(NC(=O)CCc1ccc(S(=O)(=O)N2CCCC2)cc1)c1nnc2ccccn12. The van der Waals surface area contributed by atoms with Crippen LogP contribution in [0, 0.1) is 0 Å². The Balaban J connectivity index is 1.33. The molecule has 8 nitrogen and oxygen atoms in total. The van der Waals surface area contributed by atoms with Gasteiger partial charge in [-0.1, -0.05) is 18.2 Å². The minimum absolute atomic E-state index is 0.0936. The lowest BCUT2D eigenvalue weighted by atomic mass is 10.1.